The third-order valence-electron chi connectivity index (χ3n) is 3.47. The molecule has 7 heteroatoms. The fourth-order valence-electron chi connectivity index (χ4n) is 2.40. The fraction of sp³-hybridized carbons (Fsp3) is 0.500. The Morgan fingerprint density at radius 1 is 1.29 bits per heavy atom. The number of carbonyl (C=O) groups is 1. The van der Waals surface area contributed by atoms with Crippen molar-refractivity contribution in [3.05, 3.63) is 28.0 Å². The third kappa shape index (κ3) is 2.71. The van der Waals surface area contributed by atoms with Crippen LogP contribution in [0.4, 0.5) is 0 Å². The lowest BCUT2D eigenvalue weighted by Crippen LogP contribution is -2.40. The van der Waals surface area contributed by atoms with Gasteiger partial charge in [-0.2, -0.15) is 5.10 Å². The van der Waals surface area contributed by atoms with E-state index in [-0.39, 0.29) is 5.91 Å². The molecule has 0 bridgehead atoms. The van der Waals surface area contributed by atoms with Crippen LogP contribution < -0.4 is 0 Å². The minimum atomic E-state index is 0.0427. The zero-order valence-electron chi connectivity index (χ0n) is 12.4. The molecule has 21 heavy (non-hydrogen) atoms. The quantitative estimate of drug-likeness (QED) is 0.848. The van der Waals surface area contributed by atoms with Crippen molar-refractivity contribution in [2.45, 2.75) is 20.8 Å². The molecular formula is C14H18N4O2S. The van der Waals surface area contributed by atoms with Crippen LogP contribution >= 0.6 is 11.3 Å². The first-order chi connectivity index (χ1) is 10.1. The first-order valence-corrected chi connectivity index (χ1v) is 7.76. The van der Waals surface area contributed by atoms with Crippen molar-refractivity contribution in [2.24, 2.45) is 0 Å². The SMILES string of the molecule is Cc1cc(C)n(-c2nc(C)c(C(=O)N3CCOCC3)s2)n1. The summed E-state index contributed by atoms with van der Waals surface area (Å²) in [6, 6.07) is 2.00. The maximum atomic E-state index is 12.6. The van der Waals surface area contributed by atoms with Gasteiger partial charge in [-0.25, -0.2) is 9.67 Å². The summed E-state index contributed by atoms with van der Waals surface area (Å²) < 4.78 is 7.08. The number of morpholine rings is 1. The van der Waals surface area contributed by atoms with Gasteiger partial charge < -0.3 is 9.64 Å². The largest absolute Gasteiger partial charge is 0.378 e. The number of hydrogen-bond donors (Lipinski definition) is 0. The summed E-state index contributed by atoms with van der Waals surface area (Å²) in [5, 5.41) is 5.17. The second-order valence-corrected chi connectivity index (χ2v) is 6.13. The van der Waals surface area contributed by atoms with E-state index in [0.717, 1.165) is 22.2 Å². The normalized spacial score (nSPS) is 15.5. The Labute approximate surface area is 127 Å². The predicted octanol–water partition coefficient (Wildman–Crippen LogP) is 1.73. The van der Waals surface area contributed by atoms with Gasteiger partial charge in [0.2, 0.25) is 5.13 Å². The zero-order valence-corrected chi connectivity index (χ0v) is 13.2. The highest BCUT2D eigenvalue weighted by molar-refractivity contribution is 7.16. The van der Waals surface area contributed by atoms with Crippen molar-refractivity contribution < 1.29 is 9.53 Å². The summed E-state index contributed by atoms with van der Waals surface area (Å²) in [5.74, 6) is 0.0427. The summed E-state index contributed by atoms with van der Waals surface area (Å²) in [7, 11) is 0. The average molecular weight is 306 g/mol. The number of nitrogens with zero attached hydrogens (tertiary/aromatic N) is 4. The van der Waals surface area contributed by atoms with Crippen molar-refractivity contribution in [3.63, 3.8) is 0 Å². The van der Waals surface area contributed by atoms with Crippen LogP contribution in [0.5, 0.6) is 0 Å². The van der Waals surface area contributed by atoms with Gasteiger partial charge in [0.15, 0.2) is 0 Å². The highest BCUT2D eigenvalue weighted by Crippen LogP contribution is 2.24. The maximum Gasteiger partial charge on any atom is 0.266 e. The smallest absolute Gasteiger partial charge is 0.266 e. The Balaban J connectivity index is 1.90. The van der Waals surface area contributed by atoms with E-state index in [4.69, 9.17) is 4.74 Å². The number of ether oxygens (including phenoxy) is 1. The van der Waals surface area contributed by atoms with E-state index in [1.54, 1.807) is 4.68 Å². The fourth-order valence-corrected chi connectivity index (χ4v) is 3.45. The van der Waals surface area contributed by atoms with Gasteiger partial charge in [-0.3, -0.25) is 4.79 Å². The number of rotatable bonds is 2. The van der Waals surface area contributed by atoms with E-state index in [9.17, 15) is 4.79 Å². The molecule has 0 aliphatic carbocycles. The highest BCUT2D eigenvalue weighted by atomic mass is 32.1. The Hall–Kier alpha value is -1.73. The minimum Gasteiger partial charge on any atom is -0.378 e. The summed E-state index contributed by atoms with van der Waals surface area (Å²) in [5.41, 5.74) is 2.73. The van der Waals surface area contributed by atoms with Crippen molar-refractivity contribution in [1.29, 1.82) is 0 Å². The molecule has 3 rings (SSSR count). The molecule has 112 valence electrons. The van der Waals surface area contributed by atoms with Crippen molar-refractivity contribution in [1.82, 2.24) is 19.7 Å². The standard InChI is InChI=1S/C14H18N4O2S/c1-9-8-10(2)18(16-9)14-15-11(3)12(21-14)13(19)17-4-6-20-7-5-17/h8H,4-7H2,1-3H3. The Bertz CT molecular complexity index is 671. The van der Waals surface area contributed by atoms with E-state index >= 15 is 0 Å². The molecule has 1 amide bonds. The Kier molecular flexibility index (Phi) is 3.77. The number of hydrogen-bond acceptors (Lipinski definition) is 5. The molecule has 0 unspecified atom stereocenters. The van der Waals surface area contributed by atoms with Crippen molar-refractivity contribution in [3.8, 4) is 5.13 Å². The molecule has 0 radical (unpaired) electrons. The summed E-state index contributed by atoms with van der Waals surface area (Å²) >= 11 is 1.40. The molecular weight excluding hydrogens is 288 g/mol. The van der Waals surface area contributed by atoms with Gasteiger partial charge in [0.05, 0.1) is 24.6 Å². The summed E-state index contributed by atoms with van der Waals surface area (Å²) in [6.45, 7) is 8.31. The lowest BCUT2D eigenvalue weighted by molar-refractivity contribution is 0.0305. The van der Waals surface area contributed by atoms with Gasteiger partial charge in [-0.05, 0) is 26.8 Å². The maximum absolute atomic E-state index is 12.6. The molecule has 1 aliphatic rings. The van der Waals surface area contributed by atoms with Crippen LogP contribution in [-0.4, -0.2) is 51.9 Å². The zero-order chi connectivity index (χ0) is 15.0. The molecule has 0 spiro atoms. The molecule has 0 atom stereocenters. The van der Waals surface area contributed by atoms with E-state index in [1.807, 2.05) is 31.7 Å². The van der Waals surface area contributed by atoms with E-state index in [1.165, 1.54) is 11.3 Å². The number of carbonyl (C=O) groups excluding carboxylic acids is 1. The van der Waals surface area contributed by atoms with Gasteiger partial charge in [0.25, 0.3) is 5.91 Å². The molecule has 0 aromatic carbocycles. The first kappa shape index (κ1) is 14.2. The number of aromatic nitrogens is 3. The minimum absolute atomic E-state index is 0.0427. The number of amides is 1. The second-order valence-electron chi connectivity index (χ2n) is 5.15. The Morgan fingerprint density at radius 3 is 2.62 bits per heavy atom. The van der Waals surface area contributed by atoms with Crippen molar-refractivity contribution in [2.75, 3.05) is 26.3 Å². The molecule has 3 heterocycles. The van der Waals surface area contributed by atoms with Crippen LogP contribution in [0.2, 0.25) is 0 Å². The van der Waals surface area contributed by atoms with Crippen LogP contribution in [0.25, 0.3) is 5.13 Å². The Morgan fingerprint density at radius 2 is 2.00 bits per heavy atom. The lowest BCUT2D eigenvalue weighted by Gasteiger charge is -2.26. The predicted molar refractivity (Wildman–Crippen MR) is 80.2 cm³/mol. The van der Waals surface area contributed by atoms with Crippen molar-refractivity contribution >= 4 is 17.2 Å². The lowest BCUT2D eigenvalue weighted by atomic mass is 10.3. The van der Waals surface area contributed by atoms with Crippen LogP contribution in [0.1, 0.15) is 26.8 Å². The van der Waals surface area contributed by atoms with Gasteiger partial charge in [0.1, 0.15) is 4.88 Å². The third-order valence-corrected chi connectivity index (χ3v) is 4.59. The van der Waals surface area contributed by atoms with Crippen LogP contribution in [0.3, 0.4) is 0 Å². The van der Waals surface area contributed by atoms with Crippen LogP contribution in [0, 0.1) is 20.8 Å². The molecule has 0 N–H and O–H groups in total. The molecule has 1 aliphatic heterocycles. The molecule has 2 aromatic rings. The second kappa shape index (κ2) is 5.57. The van der Waals surface area contributed by atoms with E-state index in [0.29, 0.717) is 31.2 Å². The molecule has 2 aromatic heterocycles. The summed E-state index contributed by atoms with van der Waals surface area (Å²) in [6.07, 6.45) is 0. The molecule has 0 saturated carbocycles. The topological polar surface area (TPSA) is 60.2 Å². The number of aryl methyl sites for hydroxylation is 3. The van der Waals surface area contributed by atoms with E-state index in [2.05, 4.69) is 10.1 Å². The molecule has 1 saturated heterocycles. The van der Waals surface area contributed by atoms with Crippen LogP contribution in [0.15, 0.2) is 6.07 Å². The van der Waals surface area contributed by atoms with E-state index < -0.39 is 0 Å². The number of thiazole rings is 1. The first-order valence-electron chi connectivity index (χ1n) is 6.94. The highest BCUT2D eigenvalue weighted by Gasteiger charge is 2.24. The van der Waals surface area contributed by atoms with Gasteiger partial charge in [0, 0.05) is 18.8 Å². The molecule has 1 fully saturated rings. The monoisotopic (exact) mass is 306 g/mol. The summed E-state index contributed by atoms with van der Waals surface area (Å²) in [4.78, 5) is 19.6. The molecule has 6 nitrogen and oxygen atoms in total. The van der Waals surface area contributed by atoms with Gasteiger partial charge >= 0.3 is 0 Å². The van der Waals surface area contributed by atoms with Gasteiger partial charge in [-0.1, -0.05) is 11.3 Å². The average Bonchev–Trinajstić information content (AvgIpc) is 3.01. The van der Waals surface area contributed by atoms with Gasteiger partial charge in [-0.15, -0.1) is 0 Å². The van der Waals surface area contributed by atoms with Crippen LogP contribution in [-0.2, 0) is 4.74 Å².